The Hall–Kier alpha value is -4.08. The minimum absolute atomic E-state index is 0.137. The Balaban J connectivity index is 1.88. The molecule has 3 aromatic carbocycles. The van der Waals surface area contributed by atoms with Gasteiger partial charge in [-0.15, -0.1) is 0 Å². The first-order valence-electron chi connectivity index (χ1n) is 12.1. The van der Waals surface area contributed by atoms with Gasteiger partial charge in [0.25, 0.3) is 17.2 Å². The van der Waals surface area contributed by atoms with Crippen LogP contribution in [0, 0.1) is 17.0 Å². The van der Waals surface area contributed by atoms with Crippen molar-refractivity contribution in [3.05, 3.63) is 109 Å². The van der Waals surface area contributed by atoms with Crippen molar-refractivity contribution >= 4 is 34.1 Å². The van der Waals surface area contributed by atoms with Gasteiger partial charge in [-0.25, -0.2) is 4.98 Å². The number of fused-ring (bicyclic) bond motifs is 1. The molecular weight excluding hydrogens is 508 g/mol. The number of carbonyl (C=O) groups is 1. The SMILES string of the molecule is COCCCN(C(=O)c1ccc(C)c([N+](=O)[O-])c1)C(C)c1nc2ccccc2c(=O)n1-c1ccc(Cl)cc1. The van der Waals surface area contributed by atoms with Gasteiger partial charge in [0.1, 0.15) is 5.82 Å². The second-order valence-electron chi connectivity index (χ2n) is 8.88. The summed E-state index contributed by atoms with van der Waals surface area (Å²) in [6.07, 6.45) is 0.513. The predicted octanol–water partition coefficient (Wildman–Crippen LogP) is 5.50. The molecule has 0 fully saturated rings. The van der Waals surface area contributed by atoms with E-state index >= 15 is 0 Å². The van der Waals surface area contributed by atoms with Crippen LogP contribution < -0.4 is 5.56 Å². The smallest absolute Gasteiger partial charge is 0.273 e. The van der Waals surface area contributed by atoms with E-state index in [-0.39, 0.29) is 23.4 Å². The monoisotopic (exact) mass is 534 g/mol. The number of halogens is 1. The first-order chi connectivity index (χ1) is 18.2. The van der Waals surface area contributed by atoms with Crippen molar-refractivity contribution in [2.45, 2.75) is 26.3 Å². The number of aromatic nitrogens is 2. The van der Waals surface area contributed by atoms with Crippen LogP contribution in [0.5, 0.6) is 0 Å². The summed E-state index contributed by atoms with van der Waals surface area (Å²) < 4.78 is 6.68. The van der Waals surface area contributed by atoms with Crippen LogP contribution in [-0.2, 0) is 4.74 Å². The number of rotatable bonds is 9. The Kier molecular flexibility index (Phi) is 8.19. The zero-order valence-corrected chi connectivity index (χ0v) is 22.0. The fraction of sp³-hybridized carbons (Fsp3) is 0.250. The number of nitrogens with zero attached hydrogens (tertiary/aromatic N) is 4. The molecule has 0 bridgehead atoms. The van der Waals surface area contributed by atoms with Crippen molar-refractivity contribution in [1.29, 1.82) is 0 Å². The van der Waals surface area contributed by atoms with Gasteiger partial charge in [-0.3, -0.25) is 24.3 Å². The van der Waals surface area contributed by atoms with Crippen LogP contribution in [-0.4, -0.2) is 45.5 Å². The molecule has 0 aliphatic carbocycles. The molecule has 196 valence electrons. The summed E-state index contributed by atoms with van der Waals surface area (Å²) in [7, 11) is 1.57. The van der Waals surface area contributed by atoms with E-state index in [1.807, 2.05) is 0 Å². The molecule has 1 amide bonds. The zero-order chi connectivity index (χ0) is 27.4. The van der Waals surface area contributed by atoms with Gasteiger partial charge in [0.15, 0.2) is 0 Å². The molecule has 0 aliphatic rings. The highest BCUT2D eigenvalue weighted by molar-refractivity contribution is 6.30. The predicted molar refractivity (Wildman–Crippen MR) is 146 cm³/mol. The number of ether oxygens (including phenoxy) is 1. The lowest BCUT2D eigenvalue weighted by molar-refractivity contribution is -0.385. The molecule has 0 saturated heterocycles. The molecule has 10 heteroatoms. The first-order valence-corrected chi connectivity index (χ1v) is 12.4. The van der Waals surface area contributed by atoms with Crippen LogP contribution in [0.2, 0.25) is 5.02 Å². The molecule has 4 aromatic rings. The molecule has 0 radical (unpaired) electrons. The summed E-state index contributed by atoms with van der Waals surface area (Å²) >= 11 is 6.10. The van der Waals surface area contributed by atoms with E-state index in [9.17, 15) is 19.7 Å². The zero-order valence-electron chi connectivity index (χ0n) is 21.3. The van der Waals surface area contributed by atoms with E-state index in [1.165, 1.54) is 10.6 Å². The fourth-order valence-electron chi connectivity index (χ4n) is 4.36. The number of nitro groups is 1. The van der Waals surface area contributed by atoms with Crippen LogP contribution in [0.1, 0.15) is 41.1 Å². The third-order valence-electron chi connectivity index (χ3n) is 6.39. The number of aryl methyl sites for hydroxylation is 1. The molecule has 38 heavy (non-hydrogen) atoms. The highest BCUT2D eigenvalue weighted by Crippen LogP contribution is 2.27. The van der Waals surface area contributed by atoms with Crippen molar-refractivity contribution < 1.29 is 14.5 Å². The van der Waals surface area contributed by atoms with Crippen LogP contribution in [0.25, 0.3) is 16.6 Å². The number of hydrogen-bond acceptors (Lipinski definition) is 6. The maximum atomic E-state index is 13.8. The molecule has 0 N–H and O–H groups in total. The quantitative estimate of drug-likeness (QED) is 0.159. The highest BCUT2D eigenvalue weighted by Gasteiger charge is 2.28. The number of benzene rings is 3. The fourth-order valence-corrected chi connectivity index (χ4v) is 4.49. The van der Waals surface area contributed by atoms with E-state index in [0.717, 1.165) is 0 Å². The minimum atomic E-state index is -0.673. The van der Waals surface area contributed by atoms with E-state index < -0.39 is 16.9 Å². The van der Waals surface area contributed by atoms with Gasteiger partial charge < -0.3 is 9.64 Å². The Bertz CT molecular complexity index is 1550. The first kappa shape index (κ1) is 27.0. The molecule has 9 nitrogen and oxygen atoms in total. The lowest BCUT2D eigenvalue weighted by Gasteiger charge is -2.30. The molecule has 1 heterocycles. The van der Waals surface area contributed by atoms with Gasteiger partial charge in [0.05, 0.1) is 27.6 Å². The molecular formula is C28H27ClN4O5. The van der Waals surface area contributed by atoms with Crippen molar-refractivity contribution in [3.8, 4) is 5.69 Å². The Morgan fingerprint density at radius 3 is 2.55 bits per heavy atom. The topological polar surface area (TPSA) is 108 Å². The van der Waals surface area contributed by atoms with Crippen molar-refractivity contribution in [1.82, 2.24) is 14.5 Å². The van der Waals surface area contributed by atoms with Gasteiger partial charge in [0.2, 0.25) is 0 Å². The lowest BCUT2D eigenvalue weighted by Crippen LogP contribution is -2.38. The average Bonchev–Trinajstić information content (AvgIpc) is 2.91. The van der Waals surface area contributed by atoms with Gasteiger partial charge in [-0.05, 0) is 62.7 Å². The summed E-state index contributed by atoms with van der Waals surface area (Å²) in [5, 5.41) is 12.5. The minimum Gasteiger partial charge on any atom is -0.385 e. The van der Waals surface area contributed by atoms with Crippen molar-refractivity contribution in [2.24, 2.45) is 0 Å². The maximum Gasteiger partial charge on any atom is 0.273 e. The number of hydrogen-bond donors (Lipinski definition) is 0. The number of methoxy groups -OCH3 is 1. The summed E-state index contributed by atoms with van der Waals surface area (Å²) in [5.74, 6) is -0.0647. The number of carbonyl (C=O) groups excluding carboxylic acids is 1. The third-order valence-corrected chi connectivity index (χ3v) is 6.64. The molecule has 0 spiro atoms. The Morgan fingerprint density at radius 1 is 1.16 bits per heavy atom. The lowest BCUT2D eigenvalue weighted by atomic mass is 10.1. The Morgan fingerprint density at radius 2 is 1.87 bits per heavy atom. The van der Waals surface area contributed by atoms with E-state index in [1.54, 1.807) is 86.5 Å². The highest BCUT2D eigenvalue weighted by atomic mass is 35.5. The second kappa shape index (κ2) is 11.5. The third kappa shape index (κ3) is 5.44. The van der Waals surface area contributed by atoms with Crippen LogP contribution in [0.3, 0.4) is 0 Å². The van der Waals surface area contributed by atoms with Crippen LogP contribution in [0.15, 0.2) is 71.5 Å². The van der Waals surface area contributed by atoms with Crippen molar-refractivity contribution in [2.75, 3.05) is 20.3 Å². The number of nitro benzene ring substituents is 1. The van der Waals surface area contributed by atoms with Crippen LogP contribution >= 0.6 is 11.6 Å². The summed E-state index contributed by atoms with van der Waals surface area (Å²) in [6.45, 7) is 4.09. The number of amides is 1. The summed E-state index contributed by atoms with van der Waals surface area (Å²) in [4.78, 5) is 44.9. The standard InChI is InChI=1S/C28H27ClN4O5/c1-18-9-10-20(17-25(18)33(36)37)27(34)31(15-6-16-38-3)19(2)26-30-24-8-5-4-7-23(24)28(35)32(26)22-13-11-21(29)12-14-22/h4-5,7-14,17,19H,6,15-16H2,1-3H3. The van der Waals surface area contributed by atoms with E-state index in [0.29, 0.717) is 46.0 Å². The van der Waals surface area contributed by atoms with Crippen LogP contribution in [0.4, 0.5) is 5.69 Å². The molecule has 1 atom stereocenters. The molecule has 1 aromatic heterocycles. The molecule has 4 rings (SSSR count). The summed E-state index contributed by atoms with van der Waals surface area (Å²) in [5.41, 5.74) is 1.26. The maximum absolute atomic E-state index is 13.8. The van der Waals surface area contributed by atoms with Gasteiger partial charge in [0, 0.05) is 42.5 Å². The van der Waals surface area contributed by atoms with Gasteiger partial charge in [-0.1, -0.05) is 29.8 Å². The van der Waals surface area contributed by atoms with E-state index in [4.69, 9.17) is 21.3 Å². The molecule has 1 unspecified atom stereocenters. The molecule has 0 aliphatic heterocycles. The van der Waals surface area contributed by atoms with E-state index in [2.05, 4.69) is 0 Å². The second-order valence-corrected chi connectivity index (χ2v) is 9.32. The van der Waals surface area contributed by atoms with Crippen molar-refractivity contribution in [3.63, 3.8) is 0 Å². The average molecular weight is 535 g/mol. The molecule has 0 saturated carbocycles. The normalized spacial score (nSPS) is 11.9. The van der Waals surface area contributed by atoms with Gasteiger partial charge >= 0.3 is 0 Å². The number of para-hydroxylation sites is 1. The van der Waals surface area contributed by atoms with Gasteiger partial charge in [-0.2, -0.15) is 0 Å². The summed E-state index contributed by atoms with van der Waals surface area (Å²) in [6, 6.07) is 17.6. The largest absolute Gasteiger partial charge is 0.385 e. The Labute approximate surface area is 224 Å².